The maximum Gasteiger partial charge on any atom is 0.335 e. The number of carboxylic acid groups (broad SMARTS) is 1. The molecule has 0 spiro atoms. The fourth-order valence-electron chi connectivity index (χ4n) is 6.70. The number of aliphatic hydroxyl groups is 1. The van der Waals surface area contributed by atoms with Gasteiger partial charge in [0.05, 0.1) is 0 Å². The zero-order valence-corrected chi connectivity index (χ0v) is 35.0. The normalized spacial score (nSPS) is 12.4. The van der Waals surface area contributed by atoms with E-state index in [0.717, 1.165) is 38.5 Å². The Morgan fingerprint density at radius 2 is 0.741 bits per heavy atom. The third-order valence-electron chi connectivity index (χ3n) is 10.2. The first kappa shape index (κ1) is 51.8. The van der Waals surface area contributed by atoms with Crippen LogP contribution >= 0.6 is 0 Å². The molecule has 9 heteroatoms. The van der Waals surface area contributed by atoms with Crippen molar-refractivity contribution >= 4 is 23.9 Å². The minimum Gasteiger partial charge on any atom is -0.550 e. The summed E-state index contributed by atoms with van der Waals surface area (Å²) in [5.41, 5.74) is 0. The Hall–Kier alpha value is -2.16. The summed E-state index contributed by atoms with van der Waals surface area (Å²) in [6, 6.07) is 0. The molecule has 1 N–H and O–H groups in total. The van der Waals surface area contributed by atoms with Crippen molar-refractivity contribution < 1.29 is 43.6 Å². The van der Waals surface area contributed by atoms with Crippen LogP contribution in [0.4, 0.5) is 0 Å². The summed E-state index contributed by atoms with van der Waals surface area (Å²) in [6.07, 6.45) is 34.3. The van der Waals surface area contributed by atoms with Crippen molar-refractivity contribution in [2.45, 2.75) is 251 Å². The van der Waals surface area contributed by atoms with Gasteiger partial charge < -0.3 is 29.2 Å². The minimum atomic E-state index is -1.30. The number of esters is 3. The highest BCUT2D eigenvalue weighted by molar-refractivity contribution is 5.74. The Labute approximate surface area is 330 Å². The van der Waals surface area contributed by atoms with Gasteiger partial charge in [0, 0.05) is 18.8 Å². The van der Waals surface area contributed by atoms with Crippen LogP contribution in [-0.4, -0.2) is 54.4 Å². The largest absolute Gasteiger partial charge is 0.550 e. The molecule has 0 fully saturated rings. The number of ether oxygens (including phenoxy) is 3. The van der Waals surface area contributed by atoms with Gasteiger partial charge in [-0.1, -0.05) is 194 Å². The molecule has 2 unspecified atom stereocenters. The Morgan fingerprint density at radius 3 is 1.09 bits per heavy atom. The molecule has 0 aromatic rings. The van der Waals surface area contributed by atoms with E-state index in [-0.39, 0.29) is 45.3 Å². The van der Waals surface area contributed by atoms with E-state index in [9.17, 15) is 29.4 Å². The maximum atomic E-state index is 12.7. The second-order valence-electron chi connectivity index (χ2n) is 15.6. The van der Waals surface area contributed by atoms with Crippen molar-refractivity contribution in [3.05, 3.63) is 0 Å². The Morgan fingerprint density at radius 1 is 0.444 bits per heavy atom. The molecule has 0 aliphatic rings. The van der Waals surface area contributed by atoms with Crippen LogP contribution < -0.4 is 5.11 Å². The van der Waals surface area contributed by atoms with Crippen molar-refractivity contribution in [1.82, 2.24) is 0 Å². The average molecular weight is 768 g/mol. The van der Waals surface area contributed by atoms with E-state index < -0.39 is 36.1 Å². The van der Waals surface area contributed by atoms with Gasteiger partial charge in [-0.3, -0.25) is 9.59 Å². The van der Waals surface area contributed by atoms with Crippen LogP contribution in [0.25, 0.3) is 0 Å². The summed E-state index contributed by atoms with van der Waals surface area (Å²) in [6.45, 7) is 3.91. The first-order valence-electron chi connectivity index (χ1n) is 22.7. The molecular formula is C45H83O9-. The van der Waals surface area contributed by atoms with Crippen molar-refractivity contribution in [3.63, 3.8) is 0 Å². The summed E-state index contributed by atoms with van der Waals surface area (Å²) in [7, 11) is 0. The van der Waals surface area contributed by atoms with Crippen LogP contribution in [0.2, 0.25) is 0 Å². The number of hydrogen-bond donors (Lipinski definition) is 1. The van der Waals surface area contributed by atoms with E-state index in [4.69, 9.17) is 14.2 Å². The van der Waals surface area contributed by atoms with E-state index in [1.54, 1.807) is 0 Å². The zero-order valence-electron chi connectivity index (χ0n) is 35.0. The predicted octanol–water partition coefficient (Wildman–Crippen LogP) is 10.8. The number of carbonyl (C=O) groups excluding carboxylic acids is 4. The van der Waals surface area contributed by atoms with Gasteiger partial charge in [0.1, 0.15) is 13.2 Å². The van der Waals surface area contributed by atoms with Gasteiger partial charge >= 0.3 is 17.9 Å². The third kappa shape index (κ3) is 38.1. The average Bonchev–Trinajstić information content (AvgIpc) is 3.15. The summed E-state index contributed by atoms with van der Waals surface area (Å²) in [5.74, 6) is -2.96. The topological polar surface area (TPSA) is 139 Å². The number of aliphatic hydroxyl groups excluding tert-OH is 1. The number of unbranched alkanes of at least 4 members (excludes halogenated alkanes) is 28. The fraction of sp³-hybridized carbons (Fsp3) is 0.911. The molecule has 2 atom stereocenters. The number of rotatable bonds is 42. The molecule has 0 bridgehead atoms. The molecule has 0 saturated heterocycles. The number of hydrogen-bond acceptors (Lipinski definition) is 9. The number of carbonyl (C=O) groups is 4. The van der Waals surface area contributed by atoms with E-state index in [0.29, 0.717) is 12.8 Å². The van der Waals surface area contributed by atoms with Gasteiger partial charge in [0.15, 0.2) is 12.2 Å². The number of aliphatic carboxylic acids is 1. The lowest BCUT2D eigenvalue weighted by Crippen LogP contribution is -2.35. The lowest BCUT2D eigenvalue weighted by molar-refractivity contribution is -0.305. The lowest BCUT2D eigenvalue weighted by Gasteiger charge is -2.20. The van der Waals surface area contributed by atoms with Gasteiger partial charge in [-0.25, -0.2) is 4.79 Å². The van der Waals surface area contributed by atoms with Crippen LogP contribution in [0.5, 0.6) is 0 Å². The highest BCUT2D eigenvalue weighted by Crippen LogP contribution is 2.16. The smallest absolute Gasteiger partial charge is 0.335 e. The first-order chi connectivity index (χ1) is 26.3. The molecule has 0 aliphatic heterocycles. The molecule has 0 aromatic heterocycles. The van der Waals surface area contributed by atoms with Crippen LogP contribution in [-0.2, 0) is 33.4 Å². The van der Waals surface area contributed by atoms with E-state index in [1.807, 2.05) is 0 Å². The van der Waals surface area contributed by atoms with E-state index in [2.05, 4.69) is 13.8 Å². The van der Waals surface area contributed by atoms with Gasteiger partial charge in [-0.15, -0.1) is 0 Å². The monoisotopic (exact) mass is 768 g/mol. The van der Waals surface area contributed by atoms with Crippen molar-refractivity contribution in [3.8, 4) is 0 Å². The summed E-state index contributed by atoms with van der Waals surface area (Å²) in [5, 5.41) is 21.1. The molecule has 9 nitrogen and oxygen atoms in total. The van der Waals surface area contributed by atoms with Crippen molar-refractivity contribution in [2.75, 3.05) is 13.2 Å². The van der Waals surface area contributed by atoms with Crippen LogP contribution in [0, 0.1) is 0 Å². The SMILES string of the molecule is CCCCCCCCCCCCCCCCCC(=O)OCC(COC(=O)CCCCC(=O)[O-])OC(=O)C(O)CCCCCCCCCCCCCCCC. The fourth-order valence-corrected chi connectivity index (χ4v) is 6.70. The molecular weight excluding hydrogens is 684 g/mol. The van der Waals surface area contributed by atoms with Crippen molar-refractivity contribution in [1.29, 1.82) is 0 Å². The Kier molecular flexibility index (Phi) is 38.9. The summed E-state index contributed by atoms with van der Waals surface area (Å²) < 4.78 is 16.1. The van der Waals surface area contributed by atoms with Gasteiger partial charge in [0.25, 0.3) is 0 Å². The molecule has 0 rings (SSSR count). The second kappa shape index (κ2) is 40.5. The van der Waals surface area contributed by atoms with Gasteiger partial charge in [-0.2, -0.15) is 0 Å². The molecule has 0 aromatic carbocycles. The van der Waals surface area contributed by atoms with E-state index >= 15 is 0 Å². The standard InChI is InChI=1S/C45H84O9/c1-3-5-7-9-11-13-15-17-19-21-23-25-27-29-31-36-43(49)52-38-40(39-53-44(50)37-33-32-35-42(47)48)54-45(51)41(46)34-30-28-26-24-22-20-18-16-14-12-10-8-6-4-2/h40-41,46H,3-39H2,1-2H3,(H,47,48)/p-1. The Bertz CT molecular complexity index is 877. The summed E-state index contributed by atoms with van der Waals surface area (Å²) in [4.78, 5) is 47.9. The lowest BCUT2D eigenvalue weighted by atomic mass is 10.0. The van der Waals surface area contributed by atoms with Crippen LogP contribution in [0.3, 0.4) is 0 Å². The molecule has 0 saturated carbocycles. The number of carboxylic acids is 1. The molecule has 318 valence electrons. The van der Waals surface area contributed by atoms with Crippen molar-refractivity contribution in [2.24, 2.45) is 0 Å². The van der Waals surface area contributed by atoms with Crippen LogP contribution in [0.1, 0.15) is 239 Å². The third-order valence-corrected chi connectivity index (χ3v) is 10.2. The molecule has 54 heavy (non-hydrogen) atoms. The molecule has 0 radical (unpaired) electrons. The van der Waals surface area contributed by atoms with Crippen LogP contribution in [0.15, 0.2) is 0 Å². The van der Waals surface area contributed by atoms with Gasteiger partial charge in [-0.05, 0) is 32.1 Å². The van der Waals surface area contributed by atoms with E-state index in [1.165, 1.54) is 141 Å². The highest BCUT2D eigenvalue weighted by atomic mass is 16.6. The second-order valence-corrected chi connectivity index (χ2v) is 15.6. The molecule has 0 heterocycles. The Balaban J connectivity index is 4.29. The summed E-state index contributed by atoms with van der Waals surface area (Å²) >= 11 is 0. The highest BCUT2D eigenvalue weighted by Gasteiger charge is 2.24. The molecule has 0 aliphatic carbocycles. The maximum absolute atomic E-state index is 12.7. The molecule has 0 amide bonds. The first-order valence-corrected chi connectivity index (χ1v) is 22.7. The zero-order chi connectivity index (χ0) is 39.7. The quantitative estimate of drug-likeness (QED) is 0.0365. The minimum absolute atomic E-state index is 0.00861. The predicted molar refractivity (Wildman–Crippen MR) is 216 cm³/mol. The van der Waals surface area contributed by atoms with Gasteiger partial charge in [0.2, 0.25) is 0 Å².